The van der Waals surface area contributed by atoms with Crippen LogP contribution in [0, 0.1) is 0 Å². The number of nitrogens with two attached hydrogens (primary N) is 1. The number of nitrogens with zero attached hydrogens (tertiary/aromatic N) is 2. The van der Waals surface area contributed by atoms with Crippen molar-refractivity contribution in [2.24, 2.45) is 0 Å². The van der Waals surface area contributed by atoms with Gasteiger partial charge in [0, 0.05) is 29.8 Å². The van der Waals surface area contributed by atoms with E-state index in [9.17, 15) is 22.8 Å². The molecule has 0 fully saturated rings. The lowest BCUT2D eigenvalue weighted by Gasteiger charge is -2.10. The lowest BCUT2D eigenvalue weighted by molar-refractivity contribution is -0.136. The molecule has 3 heterocycles. The summed E-state index contributed by atoms with van der Waals surface area (Å²) < 4.78 is 46.7. The van der Waals surface area contributed by atoms with Crippen molar-refractivity contribution < 1.29 is 32.3 Å². The fraction of sp³-hybridized carbons (Fsp3) is 0.167. The summed E-state index contributed by atoms with van der Waals surface area (Å²) in [5.74, 6) is -0.972. The number of carboxylic acids is 1. The molecule has 1 amide bonds. The molecule has 4 aromatic rings. The van der Waals surface area contributed by atoms with Crippen LogP contribution in [0.2, 0.25) is 0 Å². The molecule has 8 nitrogen and oxygen atoms in total. The monoisotopic (exact) mass is 484 g/mol. The first-order chi connectivity index (χ1) is 16.6. The van der Waals surface area contributed by atoms with Crippen LogP contribution in [0.4, 0.5) is 19.0 Å². The number of amides is 1. The fourth-order valence-electron chi connectivity index (χ4n) is 3.46. The number of alkyl halides is 3. The van der Waals surface area contributed by atoms with Crippen LogP contribution >= 0.6 is 0 Å². The van der Waals surface area contributed by atoms with Gasteiger partial charge < -0.3 is 20.6 Å². The van der Waals surface area contributed by atoms with E-state index in [1.807, 2.05) is 0 Å². The number of aryl methyl sites for hydroxylation is 1. The summed E-state index contributed by atoms with van der Waals surface area (Å²) >= 11 is 0. The highest BCUT2D eigenvalue weighted by Crippen LogP contribution is 2.39. The van der Waals surface area contributed by atoms with Gasteiger partial charge in [0.1, 0.15) is 17.2 Å². The van der Waals surface area contributed by atoms with Gasteiger partial charge in [-0.1, -0.05) is 6.07 Å². The molecule has 0 saturated carbocycles. The van der Waals surface area contributed by atoms with E-state index >= 15 is 0 Å². The Hall–Kier alpha value is -4.41. The predicted molar refractivity (Wildman–Crippen MR) is 120 cm³/mol. The number of carbonyl (C=O) groups is 2. The van der Waals surface area contributed by atoms with Crippen molar-refractivity contribution in [3.63, 3.8) is 0 Å². The highest BCUT2D eigenvalue weighted by molar-refractivity contribution is 5.89. The average Bonchev–Trinajstić information content (AvgIpc) is 3.24. The largest absolute Gasteiger partial charge is 0.478 e. The summed E-state index contributed by atoms with van der Waals surface area (Å²) in [6.07, 6.45) is -1.48. The number of halogens is 3. The van der Waals surface area contributed by atoms with Crippen LogP contribution < -0.4 is 11.1 Å². The molecule has 35 heavy (non-hydrogen) atoms. The van der Waals surface area contributed by atoms with Crippen molar-refractivity contribution >= 4 is 28.7 Å². The summed E-state index contributed by atoms with van der Waals surface area (Å²) in [6.45, 7) is -0.0916. The molecule has 0 spiro atoms. The molecule has 0 aliphatic heterocycles. The number of carbonyl (C=O) groups excluding carboxylic acids is 1. The third-order valence-electron chi connectivity index (χ3n) is 5.23. The average molecular weight is 484 g/mol. The fourth-order valence-corrected chi connectivity index (χ4v) is 3.46. The maximum atomic E-state index is 13.8. The number of aromatic carboxylic acids is 1. The predicted octanol–water partition coefficient (Wildman–Crippen LogP) is 4.44. The first-order valence-electron chi connectivity index (χ1n) is 10.4. The van der Waals surface area contributed by atoms with Gasteiger partial charge in [0.25, 0.3) is 0 Å². The van der Waals surface area contributed by atoms with Gasteiger partial charge >= 0.3 is 12.1 Å². The molecular formula is C24H19F3N4O4. The zero-order valence-electron chi connectivity index (χ0n) is 18.1. The number of nitrogens with one attached hydrogen (secondary N) is 1. The Morgan fingerprint density at radius 3 is 2.49 bits per heavy atom. The van der Waals surface area contributed by atoms with E-state index in [-0.39, 0.29) is 52.4 Å². The second-order valence-corrected chi connectivity index (χ2v) is 7.76. The second kappa shape index (κ2) is 9.45. The number of anilines is 1. The lowest BCUT2D eigenvalue weighted by atomic mass is 10.0. The second-order valence-electron chi connectivity index (χ2n) is 7.76. The van der Waals surface area contributed by atoms with E-state index in [4.69, 9.17) is 15.3 Å². The zero-order valence-corrected chi connectivity index (χ0v) is 18.1. The van der Waals surface area contributed by atoms with Crippen LogP contribution in [0.5, 0.6) is 0 Å². The van der Waals surface area contributed by atoms with E-state index in [0.29, 0.717) is 12.2 Å². The van der Waals surface area contributed by atoms with E-state index in [1.54, 1.807) is 18.3 Å². The molecule has 0 unspecified atom stereocenters. The number of furan rings is 1. The summed E-state index contributed by atoms with van der Waals surface area (Å²) in [5, 5.41) is 11.8. The Morgan fingerprint density at radius 2 is 1.86 bits per heavy atom. The number of rotatable bonds is 7. The van der Waals surface area contributed by atoms with Crippen LogP contribution in [-0.4, -0.2) is 27.0 Å². The molecule has 180 valence electrons. The molecule has 1 aromatic carbocycles. The molecule has 4 N–H and O–H groups in total. The number of benzene rings is 1. The Bertz CT molecular complexity index is 1380. The van der Waals surface area contributed by atoms with E-state index in [2.05, 4.69) is 15.3 Å². The third kappa shape index (κ3) is 5.57. The summed E-state index contributed by atoms with van der Waals surface area (Å²) in [5.41, 5.74) is 5.23. The topological polar surface area (TPSA) is 131 Å². The minimum Gasteiger partial charge on any atom is -0.478 e. The van der Waals surface area contributed by atoms with Gasteiger partial charge in [-0.05, 0) is 48.4 Å². The number of aromatic nitrogens is 2. The molecule has 0 aliphatic carbocycles. The first-order valence-corrected chi connectivity index (χ1v) is 10.4. The standard InChI is InChI=1S/C24H19F3N4O4/c25-24(26,27)18-9-15(19-4-3-14(11-29-19)23(33)34)7-16-8-17(35-22(16)18)12-31-21(32)6-2-13-1-5-20(28)30-10-13/h1,3-5,7-11H,2,6,12H2,(H2,28,30)(H,31,32)(H,33,34). The maximum Gasteiger partial charge on any atom is 0.420 e. The van der Waals surface area contributed by atoms with E-state index in [1.165, 1.54) is 24.3 Å². The van der Waals surface area contributed by atoms with E-state index < -0.39 is 17.7 Å². The first kappa shape index (κ1) is 23.7. The highest BCUT2D eigenvalue weighted by atomic mass is 19.4. The van der Waals surface area contributed by atoms with Crippen molar-refractivity contribution in [3.05, 3.63) is 77.3 Å². The van der Waals surface area contributed by atoms with Gasteiger partial charge in [-0.15, -0.1) is 0 Å². The number of pyridine rings is 2. The molecular weight excluding hydrogens is 465 g/mol. The highest BCUT2D eigenvalue weighted by Gasteiger charge is 2.35. The Labute approximate surface area is 196 Å². The number of hydrogen-bond donors (Lipinski definition) is 3. The quantitative estimate of drug-likeness (QED) is 0.353. The van der Waals surface area contributed by atoms with E-state index in [0.717, 1.165) is 17.8 Å². The summed E-state index contributed by atoms with van der Waals surface area (Å²) in [4.78, 5) is 31.1. The Kier molecular flexibility index (Phi) is 6.41. The minimum absolute atomic E-state index is 0.0835. The van der Waals surface area contributed by atoms with Gasteiger partial charge in [0.05, 0.1) is 23.4 Å². The number of nitrogen functional groups attached to an aromatic ring is 1. The molecule has 0 bridgehead atoms. The lowest BCUT2D eigenvalue weighted by Crippen LogP contribution is -2.22. The van der Waals surface area contributed by atoms with Crippen LogP contribution in [0.1, 0.15) is 33.7 Å². The van der Waals surface area contributed by atoms with Crippen molar-refractivity contribution in [1.29, 1.82) is 0 Å². The molecule has 4 rings (SSSR count). The summed E-state index contributed by atoms with van der Waals surface area (Å²) in [6, 6.07) is 9.78. The Balaban J connectivity index is 1.53. The van der Waals surface area contributed by atoms with Gasteiger partial charge in [-0.3, -0.25) is 9.78 Å². The van der Waals surface area contributed by atoms with Gasteiger partial charge in [-0.25, -0.2) is 9.78 Å². The van der Waals surface area contributed by atoms with Crippen molar-refractivity contribution in [2.75, 3.05) is 5.73 Å². The molecule has 0 aliphatic rings. The SMILES string of the molecule is Nc1ccc(CCC(=O)NCc2cc3cc(-c4ccc(C(=O)O)cn4)cc(C(F)(F)F)c3o2)cn1. The molecule has 0 atom stereocenters. The van der Waals surface area contributed by atoms with Gasteiger partial charge in [0.2, 0.25) is 5.91 Å². The number of fused-ring (bicyclic) bond motifs is 1. The van der Waals surface area contributed by atoms with Crippen LogP contribution in [0.3, 0.4) is 0 Å². The van der Waals surface area contributed by atoms with Crippen LogP contribution in [-0.2, 0) is 23.9 Å². The number of hydrogen-bond acceptors (Lipinski definition) is 6. The Morgan fingerprint density at radius 1 is 1.06 bits per heavy atom. The maximum absolute atomic E-state index is 13.8. The number of carboxylic acid groups (broad SMARTS) is 1. The van der Waals surface area contributed by atoms with Crippen LogP contribution in [0.15, 0.2) is 59.3 Å². The third-order valence-corrected chi connectivity index (χ3v) is 5.23. The zero-order chi connectivity index (χ0) is 25.2. The normalized spacial score (nSPS) is 11.5. The van der Waals surface area contributed by atoms with Crippen molar-refractivity contribution in [2.45, 2.75) is 25.6 Å². The van der Waals surface area contributed by atoms with Crippen molar-refractivity contribution in [1.82, 2.24) is 15.3 Å². The van der Waals surface area contributed by atoms with Gasteiger partial charge in [0.15, 0.2) is 0 Å². The minimum atomic E-state index is -4.71. The molecule has 11 heteroatoms. The molecule has 0 radical (unpaired) electrons. The van der Waals surface area contributed by atoms with Gasteiger partial charge in [-0.2, -0.15) is 13.2 Å². The van der Waals surface area contributed by atoms with Crippen molar-refractivity contribution in [3.8, 4) is 11.3 Å². The molecule has 0 saturated heterocycles. The molecule has 3 aromatic heterocycles. The smallest absolute Gasteiger partial charge is 0.420 e. The van der Waals surface area contributed by atoms with Crippen LogP contribution in [0.25, 0.3) is 22.2 Å². The summed E-state index contributed by atoms with van der Waals surface area (Å²) in [7, 11) is 0.